The van der Waals surface area contributed by atoms with E-state index in [2.05, 4.69) is 0 Å². The van der Waals surface area contributed by atoms with Crippen LogP contribution < -0.4 is 0 Å². The maximum Gasteiger partial charge on any atom is 0.409 e. The molecule has 1 aliphatic rings. The van der Waals surface area contributed by atoms with Crippen molar-refractivity contribution in [2.45, 2.75) is 26.7 Å². The van der Waals surface area contributed by atoms with Gasteiger partial charge in [0.2, 0.25) is 0 Å². The van der Waals surface area contributed by atoms with Gasteiger partial charge in [-0.25, -0.2) is 4.79 Å². The molecule has 0 saturated carbocycles. The third kappa shape index (κ3) is 3.40. The Kier molecular flexibility index (Phi) is 5.08. The Hall–Kier alpha value is -1.26. The number of hydrogen-bond acceptors (Lipinski definition) is 4. The monoisotopic (exact) mass is 229 g/mol. The van der Waals surface area contributed by atoms with Gasteiger partial charge in [-0.05, 0) is 26.7 Å². The normalized spacial score (nSPS) is 20.4. The zero-order chi connectivity index (χ0) is 12.0. The lowest BCUT2D eigenvalue weighted by atomic mass is 9.99. The van der Waals surface area contributed by atoms with Gasteiger partial charge in [0.25, 0.3) is 0 Å². The van der Waals surface area contributed by atoms with E-state index in [9.17, 15) is 9.59 Å². The Morgan fingerprint density at radius 2 is 1.94 bits per heavy atom. The molecule has 0 radical (unpaired) electrons. The second-order valence-corrected chi connectivity index (χ2v) is 3.74. The van der Waals surface area contributed by atoms with E-state index in [4.69, 9.17) is 9.47 Å². The lowest BCUT2D eigenvalue weighted by Crippen LogP contribution is -2.43. The fourth-order valence-corrected chi connectivity index (χ4v) is 1.81. The van der Waals surface area contributed by atoms with E-state index >= 15 is 0 Å². The molecular weight excluding hydrogens is 210 g/mol. The molecule has 1 fully saturated rings. The lowest BCUT2D eigenvalue weighted by molar-refractivity contribution is -0.149. The molecule has 0 spiro atoms. The van der Waals surface area contributed by atoms with Crippen LogP contribution in [0.3, 0.4) is 0 Å². The van der Waals surface area contributed by atoms with Crippen molar-refractivity contribution in [3.05, 3.63) is 0 Å². The van der Waals surface area contributed by atoms with Crippen LogP contribution in [0, 0.1) is 5.92 Å². The minimum atomic E-state index is -0.337. The van der Waals surface area contributed by atoms with Gasteiger partial charge in [0.15, 0.2) is 0 Å². The summed E-state index contributed by atoms with van der Waals surface area (Å²) in [6.45, 7) is 5.37. The number of hydrogen-bond donors (Lipinski definition) is 0. The number of amides is 1. The maximum absolute atomic E-state index is 11.5. The quantitative estimate of drug-likeness (QED) is 0.687. The Morgan fingerprint density at radius 1 is 1.25 bits per heavy atom. The third-order valence-corrected chi connectivity index (χ3v) is 2.57. The van der Waals surface area contributed by atoms with E-state index in [0.717, 1.165) is 12.8 Å². The summed E-state index contributed by atoms with van der Waals surface area (Å²) in [4.78, 5) is 24.6. The molecule has 0 N–H and O–H groups in total. The first kappa shape index (κ1) is 12.8. The minimum absolute atomic E-state index is 0.196. The number of carbonyl (C=O) groups is 2. The molecule has 16 heavy (non-hydrogen) atoms. The fraction of sp³-hybridized carbons (Fsp3) is 0.818. The van der Waals surface area contributed by atoms with Gasteiger partial charge in [-0.15, -0.1) is 0 Å². The molecule has 0 aromatic rings. The van der Waals surface area contributed by atoms with Crippen molar-refractivity contribution in [2.75, 3.05) is 26.3 Å². The van der Waals surface area contributed by atoms with Crippen LogP contribution in [0.2, 0.25) is 0 Å². The van der Waals surface area contributed by atoms with Crippen molar-refractivity contribution in [1.29, 1.82) is 0 Å². The largest absolute Gasteiger partial charge is 0.466 e. The summed E-state index contributed by atoms with van der Waals surface area (Å²) in [6.07, 6.45) is 1.27. The van der Waals surface area contributed by atoms with Gasteiger partial charge < -0.3 is 14.4 Å². The van der Waals surface area contributed by atoms with Crippen molar-refractivity contribution in [3.63, 3.8) is 0 Å². The van der Waals surface area contributed by atoms with Gasteiger partial charge in [0.05, 0.1) is 19.1 Å². The molecule has 5 heteroatoms. The molecule has 0 aromatic carbocycles. The fourth-order valence-electron chi connectivity index (χ4n) is 1.81. The Balaban J connectivity index is 2.46. The molecule has 1 atom stereocenters. The van der Waals surface area contributed by atoms with E-state index in [1.54, 1.807) is 18.7 Å². The SMILES string of the molecule is CCOC(=O)[C@@H]1CCCN(C(=O)OCC)C1. The highest BCUT2D eigenvalue weighted by Gasteiger charge is 2.29. The van der Waals surface area contributed by atoms with Crippen LogP contribution in [-0.4, -0.2) is 43.3 Å². The number of ether oxygens (including phenoxy) is 2. The van der Waals surface area contributed by atoms with E-state index < -0.39 is 0 Å². The first-order valence-electron chi connectivity index (χ1n) is 5.77. The molecule has 0 unspecified atom stereocenters. The molecule has 1 saturated heterocycles. The number of rotatable bonds is 3. The maximum atomic E-state index is 11.5. The first-order valence-corrected chi connectivity index (χ1v) is 5.77. The standard InChI is InChI=1S/C11H19NO4/c1-3-15-10(13)9-6-5-7-12(8-9)11(14)16-4-2/h9H,3-8H2,1-2H3/t9-/m1/s1. The molecule has 1 aliphatic heterocycles. The molecule has 1 heterocycles. The highest BCUT2D eigenvalue weighted by Crippen LogP contribution is 2.18. The summed E-state index contributed by atoms with van der Waals surface area (Å²) in [6, 6.07) is 0. The molecule has 0 aliphatic carbocycles. The van der Waals surface area contributed by atoms with Crippen LogP contribution in [0.1, 0.15) is 26.7 Å². The summed E-state index contributed by atoms with van der Waals surface area (Å²) < 4.78 is 9.86. The number of nitrogens with zero attached hydrogens (tertiary/aromatic N) is 1. The summed E-state index contributed by atoms with van der Waals surface area (Å²) >= 11 is 0. The molecule has 1 rings (SSSR count). The Labute approximate surface area is 95.7 Å². The Morgan fingerprint density at radius 3 is 2.56 bits per heavy atom. The summed E-state index contributed by atoms with van der Waals surface area (Å²) in [5.74, 6) is -0.408. The molecule has 92 valence electrons. The van der Waals surface area contributed by atoms with Crippen molar-refractivity contribution < 1.29 is 19.1 Å². The smallest absolute Gasteiger partial charge is 0.409 e. The van der Waals surface area contributed by atoms with E-state index in [1.165, 1.54) is 0 Å². The highest BCUT2D eigenvalue weighted by molar-refractivity contribution is 5.74. The summed E-state index contributed by atoms with van der Waals surface area (Å²) in [5, 5.41) is 0. The van der Waals surface area contributed by atoms with Gasteiger partial charge in [-0.3, -0.25) is 4.79 Å². The first-order chi connectivity index (χ1) is 7.69. The molecule has 1 amide bonds. The van der Waals surface area contributed by atoms with Gasteiger partial charge in [-0.2, -0.15) is 0 Å². The second-order valence-electron chi connectivity index (χ2n) is 3.74. The zero-order valence-electron chi connectivity index (χ0n) is 9.90. The third-order valence-electron chi connectivity index (χ3n) is 2.57. The molecule has 0 bridgehead atoms. The molecule has 0 aromatic heterocycles. The van der Waals surface area contributed by atoms with Gasteiger partial charge in [-0.1, -0.05) is 0 Å². The Bertz CT molecular complexity index is 230. The predicted molar refractivity (Wildman–Crippen MR) is 58.0 cm³/mol. The predicted octanol–water partition coefficient (Wildman–Crippen LogP) is 1.42. The zero-order valence-corrected chi connectivity index (χ0v) is 9.90. The number of likely N-dealkylation sites (tertiary alicyclic amines) is 1. The highest BCUT2D eigenvalue weighted by atomic mass is 16.6. The van der Waals surface area contributed by atoms with E-state index in [-0.39, 0.29) is 18.0 Å². The van der Waals surface area contributed by atoms with Gasteiger partial charge >= 0.3 is 12.1 Å². The molecule has 5 nitrogen and oxygen atoms in total. The van der Waals surface area contributed by atoms with Crippen LogP contribution in [0.4, 0.5) is 4.79 Å². The molecular formula is C11H19NO4. The van der Waals surface area contributed by atoms with Crippen LogP contribution >= 0.6 is 0 Å². The second kappa shape index (κ2) is 6.35. The number of esters is 1. The average molecular weight is 229 g/mol. The van der Waals surface area contributed by atoms with Gasteiger partial charge in [0.1, 0.15) is 0 Å². The van der Waals surface area contributed by atoms with Crippen molar-refractivity contribution in [3.8, 4) is 0 Å². The minimum Gasteiger partial charge on any atom is -0.466 e. The van der Waals surface area contributed by atoms with E-state index in [1.807, 2.05) is 0 Å². The van der Waals surface area contributed by atoms with Crippen LogP contribution in [-0.2, 0) is 14.3 Å². The van der Waals surface area contributed by atoms with Crippen LogP contribution in [0.25, 0.3) is 0 Å². The number of piperidine rings is 1. The summed E-state index contributed by atoms with van der Waals surface area (Å²) in [7, 11) is 0. The van der Waals surface area contributed by atoms with Crippen LogP contribution in [0.15, 0.2) is 0 Å². The van der Waals surface area contributed by atoms with Gasteiger partial charge in [0, 0.05) is 13.1 Å². The van der Waals surface area contributed by atoms with Crippen molar-refractivity contribution in [1.82, 2.24) is 4.90 Å². The van der Waals surface area contributed by atoms with Crippen LogP contribution in [0.5, 0.6) is 0 Å². The topological polar surface area (TPSA) is 55.8 Å². The van der Waals surface area contributed by atoms with E-state index in [0.29, 0.717) is 26.3 Å². The van der Waals surface area contributed by atoms with Crippen molar-refractivity contribution >= 4 is 12.1 Å². The summed E-state index contributed by atoms with van der Waals surface area (Å²) in [5.41, 5.74) is 0. The average Bonchev–Trinajstić information content (AvgIpc) is 2.30. The van der Waals surface area contributed by atoms with Crippen molar-refractivity contribution in [2.24, 2.45) is 5.92 Å². The lowest BCUT2D eigenvalue weighted by Gasteiger charge is -2.30. The number of carbonyl (C=O) groups excluding carboxylic acids is 2.